The van der Waals surface area contributed by atoms with E-state index >= 15 is 0 Å². The highest BCUT2D eigenvalue weighted by molar-refractivity contribution is 7.46. The largest absolute Gasteiger partial charge is 0.469 e. The van der Waals surface area contributed by atoms with Crippen molar-refractivity contribution >= 4 is 7.82 Å². The molecule has 2 N–H and O–H groups in total. The number of hydrogen-bond donors (Lipinski definition) is 2. The number of phosphoric ester groups is 1. The lowest BCUT2D eigenvalue weighted by Gasteiger charge is -2.24. The third-order valence-corrected chi connectivity index (χ3v) is 6.50. The monoisotopic (exact) mass is 476 g/mol. The lowest BCUT2D eigenvalue weighted by Crippen LogP contribution is -2.35. The molecule has 0 fully saturated rings. The Bertz CT molecular complexity index is 485. The van der Waals surface area contributed by atoms with Crippen LogP contribution < -0.4 is 0 Å². The smallest absolute Gasteiger partial charge is 0.331 e. The molecule has 5 nitrogen and oxygen atoms in total. The summed E-state index contributed by atoms with van der Waals surface area (Å²) in [5.41, 5.74) is 0. The molecule has 0 rings (SSSR count). The van der Waals surface area contributed by atoms with Crippen LogP contribution in [0.5, 0.6) is 0 Å². The van der Waals surface area contributed by atoms with Gasteiger partial charge in [-0.05, 0) is 51.4 Å². The first kappa shape index (κ1) is 31.8. The minimum absolute atomic E-state index is 0.319. The summed E-state index contributed by atoms with van der Waals surface area (Å²) in [6.07, 6.45) is 25.6. The van der Waals surface area contributed by atoms with Gasteiger partial charge < -0.3 is 14.3 Å². The topological polar surface area (TPSA) is 66.8 Å². The first-order valence-corrected chi connectivity index (χ1v) is 14.9. The van der Waals surface area contributed by atoms with Gasteiger partial charge in [-0.1, -0.05) is 83.3 Å². The van der Waals surface area contributed by atoms with Crippen LogP contribution in [0.2, 0.25) is 0 Å². The van der Waals surface area contributed by atoms with Gasteiger partial charge in [0.25, 0.3) is 0 Å². The Morgan fingerprint density at radius 2 is 1.16 bits per heavy atom. The van der Waals surface area contributed by atoms with Gasteiger partial charge in [0.1, 0.15) is 0 Å². The Hall–Kier alpha value is -0.190. The normalized spacial score (nSPS) is 13.8. The third kappa shape index (κ3) is 26.1. The van der Waals surface area contributed by atoms with Gasteiger partial charge in [0, 0.05) is 0 Å². The fourth-order valence-electron chi connectivity index (χ4n) is 4.02. The number of phosphoric acid groups is 1. The summed E-state index contributed by atoms with van der Waals surface area (Å²) >= 11 is 0. The van der Waals surface area contributed by atoms with Crippen LogP contribution in [-0.4, -0.2) is 48.1 Å². The molecular formula is C26H55NO4P+. The SMILES string of the molecule is CCCCCCCCC=CCCCCCCCCC(CCCC[N+](C)(C)C)OP(=O)(O)O. The summed E-state index contributed by atoms with van der Waals surface area (Å²) < 4.78 is 17.2. The number of allylic oxidation sites excluding steroid dienone is 2. The Morgan fingerprint density at radius 3 is 1.62 bits per heavy atom. The van der Waals surface area contributed by atoms with Gasteiger partial charge in [0.15, 0.2) is 0 Å². The maximum atomic E-state index is 11.3. The van der Waals surface area contributed by atoms with Crippen molar-refractivity contribution in [1.29, 1.82) is 0 Å². The van der Waals surface area contributed by atoms with E-state index in [1.54, 1.807) is 0 Å². The predicted octanol–water partition coefficient (Wildman–Crippen LogP) is 7.77. The molecule has 0 radical (unpaired) electrons. The number of rotatable bonds is 23. The number of hydrogen-bond acceptors (Lipinski definition) is 2. The molecule has 0 aliphatic heterocycles. The predicted molar refractivity (Wildman–Crippen MR) is 138 cm³/mol. The van der Waals surface area contributed by atoms with Crippen molar-refractivity contribution in [2.75, 3.05) is 27.7 Å². The van der Waals surface area contributed by atoms with Crippen LogP contribution in [0.3, 0.4) is 0 Å². The van der Waals surface area contributed by atoms with E-state index in [9.17, 15) is 14.4 Å². The highest BCUT2D eigenvalue weighted by atomic mass is 31.2. The van der Waals surface area contributed by atoms with Gasteiger partial charge in [-0.3, -0.25) is 4.52 Å². The molecular weight excluding hydrogens is 421 g/mol. The Morgan fingerprint density at radius 1 is 0.719 bits per heavy atom. The molecule has 0 aromatic heterocycles. The summed E-state index contributed by atoms with van der Waals surface area (Å²) in [6, 6.07) is 0. The lowest BCUT2D eigenvalue weighted by molar-refractivity contribution is -0.870. The molecule has 0 aromatic carbocycles. The molecule has 6 heteroatoms. The highest BCUT2D eigenvalue weighted by Gasteiger charge is 2.22. The molecule has 0 heterocycles. The van der Waals surface area contributed by atoms with Gasteiger partial charge in [0.05, 0.1) is 33.8 Å². The average molecular weight is 477 g/mol. The van der Waals surface area contributed by atoms with Crippen molar-refractivity contribution in [2.24, 2.45) is 0 Å². The maximum absolute atomic E-state index is 11.3. The van der Waals surface area contributed by atoms with E-state index in [4.69, 9.17) is 4.52 Å². The number of nitrogens with zero attached hydrogens (tertiary/aromatic N) is 1. The Labute approximate surface area is 199 Å². The van der Waals surface area contributed by atoms with Crippen LogP contribution in [0.4, 0.5) is 0 Å². The van der Waals surface area contributed by atoms with Crippen LogP contribution in [-0.2, 0) is 9.09 Å². The van der Waals surface area contributed by atoms with E-state index in [2.05, 4.69) is 40.2 Å². The molecule has 0 saturated carbocycles. The van der Waals surface area contributed by atoms with Crippen molar-refractivity contribution in [2.45, 2.75) is 129 Å². The summed E-state index contributed by atoms with van der Waals surface area (Å²) in [5.74, 6) is 0. The second kappa shape index (κ2) is 20.2. The zero-order valence-corrected chi connectivity index (χ0v) is 22.7. The maximum Gasteiger partial charge on any atom is 0.469 e. The quantitative estimate of drug-likeness (QED) is 0.0684. The van der Waals surface area contributed by atoms with Crippen molar-refractivity contribution in [3.63, 3.8) is 0 Å². The highest BCUT2D eigenvalue weighted by Crippen LogP contribution is 2.39. The van der Waals surface area contributed by atoms with Crippen molar-refractivity contribution in [3.8, 4) is 0 Å². The molecule has 192 valence electrons. The van der Waals surface area contributed by atoms with Crippen LogP contribution in [0.15, 0.2) is 12.2 Å². The van der Waals surface area contributed by atoms with E-state index in [1.807, 2.05) is 0 Å². The molecule has 0 amide bonds. The molecule has 32 heavy (non-hydrogen) atoms. The van der Waals surface area contributed by atoms with Crippen LogP contribution >= 0.6 is 7.82 Å². The first-order chi connectivity index (χ1) is 15.1. The molecule has 0 bridgehead atoms. The van der Waals surface area contributed by atoms with Gasteiger partial charge in [-0.15, -0.1) is 0 Å². The molecule has 1 unspecified atom stereocenters. The second-order valence-corrected chi connectivity index (χ2v) is 11.6. The van der Waals surface area contributed by atoms with E-state index in [-0.39, 0.29) is 6.10 Å². The summed E-state index contributed by atoms with van der Waals surface area (Å²) in [5, 5.41) is 0. The van der Waals surface area contributed by atoms with Crippen LogP contribution in [0.25, 0.3) is 0 Å². The molecule has 0 aliphatic rings. The van der Waals surface area contributed by atoms with Gasteiger partial charge in [0.2, 0.25) is 0 Å². The zero-order valence-electron chi connectivity index (χ0n) is 21.8. The molecule has 0 aliphatic carbocycles. The first-order valence-electron chi connectivity index (χ1n) is 13.3. The molecule has 0 aromatic rings. The molecule has 0 spiro atoms. The Kier molecular flexibility index (Phi) is 20.1. The summed E-state index contributed by atoms with van der Waals surface area (Å²) in [7, 11) is 2.08. The van der Waals surface area contributed by atoms with Crippen LogP contribution in [0.1, 0.15) is 122 Å². The minimum atomic E-state index is -4.40. The van der Waals surface area contributed by atoms with E-state index in [0.29, 0.717) is 0 Å². The van der Waals surface area contributed by atoms with Gasteiger partial charge in [-0.2, -0.15) is 0 Å². The van der Waals surface area contributed by atoms with Crippen molar-refractivity contribution in [3.05, 3.63) is 12.2 Å². The number of quaternary nitrogens is 1. The molecule has 0 saturated heterocycles. The Balaban J connectivity index is 3.69. The zero-order chi connectivity index (χ0) is 24.1. The fraction of sp³-hybridized carbons (Fsp3) is 0.923. The van der Waals surface area contributed by atoms with Gasteiger partial charge in [-0.25, -0.2) is 4.57 Å². The van der Waals surface area contributed by atoms with Crippen LogP contribution in [0, 0.1) is 0 Å². The second-order valence-electron chi connectivity index (χ2n) is 10.5. The van der Waals surface area contributed by atoms with Gasteiger partial charge >= 0.3 is 7.82 Å². The minimum Gasteiger partial charge on any atom is -0.331 e. The number of unbranched alkanes of at least 4 members (excludes halogenated alkanes) is 13. The van der Waals surface area contributed by atoms with Crippen molar-refractivity contribution < 1.29 is 23.4 Å². The summed E-state index contributed by atoms with van der Waals surface area (Å²) in [4.78, 5) is 18.4. The lowest BCUT2D eigenvalue weighted by atomic mass is 10.0. The van der Waals surface area contributed by atoms with E-state index in [1.165, 1.54) is 77.0 Å². The van der Waals surface area contributed by atoms with Crippen molar-refractivity contribution in [1.82, 2.24) is 0 Å². The summed E-state index contributed by atoms with van der Waals surface area (Å²) in [6.45, 7) is 3.33. The third-order valence-electron chi connectivity index (χ3n) is 5.93. The van der Waals surface area contributed by atoms with E-state index in [0.717, 1.165) is 49.6 Å². The standard InChI is InChI=1S/C26H54NO4P/c1-5-6-7-8-9-10-11-12-13-14-15-16-17-18-19-20-23-26(31-32(28,29)30)24-21-22-25-27(2,3)4/h12-13,26H,5-11,14-25H2,1-4H3,(H-,28,29,30)/p+1. The fourth-order valence-corrected chi connectivity index (χ4v) is 4.62. The average Bonchev–Trinajstić information content (AvgIpc) is 2.68. The van der Waals surface area contributed by atoms with E-state index < -0.39 is 7.82 Å². The molecule has 1 atom stereocenters.